The van der Waals surface area contributed by atoms with Gasteiger partial charge < -0.3 is 11.1 Å². The summed E-state index contributed by atoms with van der Waals surface area (Å²) in [5, 5.41) is 3.48. The van der Waals surface area contributed by atoms with E-state index in [-0.39, 0.29) is 0 Å². The number of nitrogens with two attached hydrogens (primary N) is 1. The van der Waals surface area contributed by atoms with Gasteiger partial charge >= 0.3 is 0 Å². The minimum absolute atomic E-state index is 0.525. The number of hydrogen-bond donors (Lipinski definition) is 2. The zero-order chi connectivity index (χ0) is 24.9. The number of fused-ring (bicyclic) bond motifs is 1. The Labute approximate surface area is 209 Å². The molecular weight excluding hydrogens is 428 g/mol. The second kappa shape index (κ2) is 10.6. The molecule has 3 N–H and O–H groups in total. The quantitative estimate of drug-likeness (QED) is 0.347. The summed E-state index contributed by atoms with van der Waals surface area (Å²) in [6, 6.07) is 12.6. The van der Waals surface area contributed by atoms with E-state index in [1.54, 1.807) is 6.08 Å². The lowest BCUT2D eigenvalue weighted by Gasteiger charge is -2.16. The molecule has 0 saturated heterocycles. The van der Waals surface area contributed by atoms with Crippen molar-refractivity contribution in [2.45, 2.75) is 46.5 Å². The summed E-state index contributed by atoms with van der Waals surface area (Å²) in [6.45, 7) is 14.2. The topological polar surface area (TPSA) is 63.8 Å². The van der Waals surface area contributed by atoms with Crippen molar-refractivity contribution < 1.29 is 0 Å². The molecule has 35 heavy (non-hydrogen) atoms. The second-order valence-electron chi connectivity index (χ2n) is 9.09. The molecule has 0 amide bonds. The van der Waals surface area contributed by atoms with E-state index in [9.17, 15) is 0 Å². The Bertz CT molecular complexity index is 1340. The first-order chi connectivity index (χ1) is 16.9. The molecule has 4 heteroatoms. The standard InChI is InChI=1S/C31H34N4/c1-6-9-20(3)26(7-2)29-15-14-27(32)30(35-29)18-21(4)34-28-16-17-33-31(22(28)5)25-13-12-23-10-8-11-24(23)19-25/h6-7,9,12-17,19H,1,4,8,10-11,18,32H2,2-3,5H3,(H,33,34)/b20-9-,26-7+. The van der Waals surface area contributed by atoms with Gasteiger partial charge in [0.15, 0.2) is 0 Å². The van der Waals surface area contributed by atoms with Crippen molar-refractivity contribution in [2.24, 2.45) is 0 Å². The Balaban J connectivity index is 1.55. The van der Waals surface area contributed by atoms with E-state index in [0.29, 0.717) is 12.1 Å². The number of benzene rings is 1. The van der Waals surface area contributed by atoms with Crippen LogP contribution in [0.4, 0.5) is 11.4 Å². The molecule has 0 unspecified atom stereocenters. The third kappa shape index (κ3) is 5.27. The van der Waals surface area contributed by atoms with Gasteiger partial charge in [-0.15, -0.1) is 0 Å². The van der Waals surface area contributed by atoms with Gasteiger partial charge in [-0.05, 0) is 92.1 Å². The third-order valence-corrected chi connectivity index (χ3v) is 6.63. The molecule has 3 aromatic rings. The maximum Gasteiger partial charge on any atom is 0.0751 e. The molecule has 0 aliphatic heterocycles. The molecule has 0 radical (unpaired) electrons. The number of hydrogen-bond acceptors (Lipinski definition) is 4. The molecule has 178 valence electrons. The van der Waals surface area contributed by atoms with Crippen LogP contribution in [0.3, 0.4) is 0 Å². The molecule has 4 rings (SSSR count). The number of anilines is 2. The first kappa shape index (κ1) is 24.2. The number of nitrogens with one attached hydrogen (secondary N) is 1. The normalized spacial score (nSPS) is 13.5. The minimum Gasteiger partial charge on any atom is -0.397 e. The van der Waals surface area contributed by atoms with Crippen molar-refractivity contribution in [2.75, 3.05) is 11.1 Å². The Morgan fingerprint density at radius 3 is 2.71 bits per heavy atom. The zero-order valence-corrected chi connectivity index (χ0v) is 21.0. The Kier molecular flexibility index (Phi) is 7.31. The van der Waals surface area contributed by atoms with E-state index >= 15 is 0 Å². The maximum atomic E-state index is 6.29. The summed E-state index contributed by atoms with van der Waals surface area (Å²) in [5.41, 5.74) is 18.8. The van der Waals surface area contributed by atoms with Crippen LogP contribution < -0.4 is 11.1 Å². The summed E-state index contributed by atoms with van der Waals surface area (Å²) in [7, 11) is 0. The van der Waals surface area contributed by atoms with E-state index in [1.807, 2.05) is 37.4 Å². The third-order valence-electron chi connectivity index (χ3n) is 6.63. The van der Waals surface area contributed by atoms with Crippen LogP contribution >= 0.6 is 0 Å². The van der Waals surface area contributed by atoms with Crippen molar-refractivity contribution in [3.8, 4) is 11.3 Å². The van der Waals surface area contributed by atoms with Crippen molar-refractivity contribution in [3.05, 3.63) is 113 Å². The molecule has 1 aliphatic rings. The van der Waals surface area contributed by atoms with Crippen molar-refractivity contribution in [1.82, 2.24) is 9.97 Å². The molecule has 0 bridgehead atoms. The van der Waals surface area contributed by atoms with Crippen LogP contribution in [0.2, 0.25) is 0 Å². The van der Waals surface area contributed by atoms with Gasteiger partial charge in [-0.25, -0.2) is 0 Å². The largest absolute Gasteiger partial charge is 0.397 e. The first-order valence-electron chi connectivity index (χ1n) is 12.2. The summed E-state index contributed by atoms with van der Waals surface area (Å²) in [4.78, 5) is 9.56. The number of aromatic nitrogens is 2. The second-order valence-corrected chi connectivity index (χ2v) is 9.09. The van der Waals surface area contributed by atoms with E-state index in [2.05, 4.69) is 56.6 Å². The Morgan fingerprint density at radius 2 is 1.94 bits per heavy atom. The molecule has 2 aromatic heterocycles. The van der Waals surface area contributed by atoms with Crippen LogP contribution in [-0.4, -0.2) is 9.97 Å². The highest BCUT2D eigenvalue weighted by molar-refractivity contribution is 5.77. The summed E-state index contributed by atoms with van der Waals surface area (Å²) in [6.07, 6.45) is 11.8. The van der Waals surface area contributed by atoms with Crippen LogP contribution in [0.15, 0.2) is 85.3 Å². The summed E-state index contributed by atoms with van der Waals surface area (Å²) < 4.78 is 0. The van der Waals surface area contributed by atoms with Crippen LogP contribution in [0.5, 0.6) is 0 Å². The van der Waals surface area contributed by atoms with E-state index in [1.165, 1.54) is 24.0 Å². The number of nitrogens with zero attached hydrogens (tertiary/aromatic N) is 2. The fourth-order valence-corrected chi connectivity index (χ4v) is 4.77. The summed E-state index contributed by atoms with van der Waals surface area (Å²) >= 11 is 0. The van der Waals surface area contributed by atoms with Gasteiger partial charge in [-0.3, -0.25) is 9.97 Å². The molecule has 4 nitrogen and oxygen atoms in total. The monoisotopic (exact) mass is 462 g/mol. The van der Waals surface area contributed by atoms with Crippen LogP contribution in [0, 0.1) is 6.92 Å². The summed E-state index contributed by atoms with van der Waals surface area (Å²) in [5.74, 6) is 0. The van der Waals surface area contributed by atoms with Crippen LogP contribution in [0.1, 0.15) is 48.3 Å². The number of rotatable bonds is 8. The van der Waals surface area contributed by atoms with E-state index < -0.39 is 0 Å². The number of aryl methyl sites for hydroxylation is 2. The highest BCUT2D eigenvalue weighted by Crippen LogP contribution is 2.32. The van der Waals surface area contributed by atoms with Gasteiger partial charge in [0.2, 0.25) is 0 Å². The zero-order valence-electron chi connectivity index (χ0n) is 21.0. The van der Waals surface area contributed by atoms with Crippen molar-refractivity contribution in [1.29, 1.82) is 0 Å². The van der Waals surface area contributed by atoms with Crippen molar-refractivity contribution >= 4 is 16.9 Å². The Hall–Kier alpha value is -3.92. The van der Waals surface area contributed by atoms with Gasteiger partial charge in [-0.2, -0.15) is 0 Å². The number of nitrogen functional groups attached to an aromatic ring is 1. The van der Waals surface area contributed by atoms with Crippen LogP contribution in [-0.2, 0) is 19.3 Å². The molecular formula is C31H34N4. The molecule has 1 aromatic carbocycles. The molecule has 0 fully saturated rings. The predicted molar refractivity (Wildman–Crippen MR) is 149 cm³/mol. The van der Waals surface area contributed by atoms with E-state index in [0.717, 1.165) is 57.2 Å². The van der Waals surface area contributed by atoms with Gasteiger partial charge in [-0.1, -0.05) is 43.5 Å². The predicted octanol–water partition coefficient (Wildman–Crippen LogP) is 7.23. The van der Waals surface area contributed by atoms with Gasteiger partial charge in [0.25, 0.3) is 0 Å². The minimum atomic E-state index is 0.525. The van der Waals surface area contributed by atoms with Crippen LogP contribution in [0.25, 0.3) is 16.8 Å². The SMILES string of the molecule is C=C/C=C(C)\C(=C/C)c1ccc(N)c(CC(=C)Nc2ccnc(-c3ccc4c(c3)CCC4)c2C)n1. The highest BCUT2D eigenvalue weighted by Gasteiger charge is 2.15. The molecule has 2 heterocycles. The molecule has 0 atom stereocenters. The Morgan fingerprint density at radius 1 is 1.14 bits per heavy atom. The lowest BCUT2D eigenvalue weighted by atomic mass is 10.0. The lowest BCUT2D eigenvalue weighted by molar-refractivity contribution is 0.912. The van der Waals surface area contributed by atoms with Gasteiger partial charge in [0, 0.05) is 29.6 Å². The first-order valence-corrected chi connectivity index (χ1v) is 12.2. The smallest absolute Gasteiger partial charge is 0.0751 e. The molecule has 1 aliphatic carbocycles. The maximum absolute atomic E-state index is 6.29. The van der Waals surface area contributed by atoms with E-state index in [4.69, 9.17) is 15.7 Å². The average Bonchev–Trinajstić information content (AvgIpc) is 3.31. The van der Waals surface area contributed by atoms with Gasteiger partial charge in [0.05, 0.1) is 22.8 Å². The van der Waals surface area contributed by atoms with Gasteiger partial charge in [0.1, 0.15) is 0 Å². The fourth-order valence-electron chi connectivity index (χ4n) is 4.77. The van der Waals surface area contributed by atoms with Crippen molar-refractivity contribution in [3.63, 3.8) is 0 Å². The molecule has 0 spiro atoms. The highest BCUT2D eigenvalue weighted by atomic mass is 14.9. The molecule has 0 saturated carbocycles. The lowest BCUT2D eigenvalue weighted by Crippen LogP contribution is -2.08. The number of pyridine rings is 2. The number of allylic oxidation sites excluding steroid dienone is 6. The fraction of sp³-hybridized carbons (Fsp3) is 0.226. The average molecular weight is 463 g/mol.